The molecule has 102 valence electrons. The molecule has 2 aromatic carbocycles. The van der Waals surface area contributed by atoms with Gasteiger partial charge in [-0.1, -0.05) is 12.1 Å². The number of ether oxygens (including phenoxy) is 1. The van der Waals surface area contributed by atoms with Gasteiger partial charge in [-0.3, -0.25) is 4.79 Å². The number of nitrogens with two attached hydrogens (primary N) is 1. The van der Waals surface area contributed by atoms with Gasteiger partial charge in [0.25, 0.3) is 5.91 Å². The summed E-state index contributed by atoms with van der Waals surface area (Å²) in [5.41, 5.74) is 8.88. The molecule has 4 nitrogen and oxygen atoms in total. The van der Waals surface area contributed by atoms with Crippen LogP contribution in [0.5, 0.6) is 5.75 Å². The van der Waals surface area contributed by atoms with Gasteiger partial charge in [-0.25, -0.2) is 0 Å². The number of fused-ring (bicyclic) bond motifs is 1. The van der Waals surface area contributed by atoms with E-state index in [1.807, 2.05) is 37.3 Å². The van der Waals surface area contributed by atoms with Gasteiger partial charge in [-0.05, 0) is 42.8 Å². The molecule has 0 saturated carbocycles. The largest absolute Gasteiger partial charge is 0.490 e. The molecule has 0 aliphatic carbocycles. The molecule has 4 heteroatoms. The lowest BCUT2D eigenvalue weighted by molar-refractivity contribution is 0.0976. The van der Waals surface area contributed by atoms with Crippen molar-refractivity contribution in [3.05, 3.63) is 53.6 Å². The Kier molecular flexibility index (Phi) is 3.06. The summed E-state index contributed by atoms with van der Waals surface area (Å²) in [7, 11) is 0. The third kappa shape index (κ3) is 2.09. The Morgan fingerprint density at radius 2 is 2.05 bits per heavy atom. The van der Waals surface area contributed by atoms with Crippen molar-refractivity contribution >= 4 is 17.3 Å². The van der Waals surface area contributed by atoms with E-state index in [2.05, 4.69) is 0 Å². The molecule has 3 rings (SSSR count). The van der Waals surface area contributed by atoms with Crippen LogP contribution in [0.25, 0.3) is 0 Å². The van der Waals surface area contributed by atoms with Crippen LogP contribution in [-0.2, 0) is 0 Å². The minimum absolute atomic E-state index is 0.0242. The second-order valence-corrected chi connectivity index (χ2v) is 4.84. The second kappa shape index (κ2) is 4.89. The minimum Gasteiger partial charge on any atom is -0.490 e. The molecule has 1 aliphatic heterocycles. The van der Waals surface area contributed by atoms with Crippen LogP contribution in [0.3, 0.4) is 0 Å². The molecule has 0 spiro atoms. The number of para-hydroxylation sites is 2. The molecular weight excluding hydrogens is 252 g/mol. The zero-order valence-electron chi connectivity index (χ0n) is 11.3. The van der Waals surface area contributed by atoms with Gasteiger partial charge in [-0.2, -0.15) is 0 Å². The Labute approximate surface area is 117 Å². The first kappa shape index (κ1) is 12.5. The fourth-order valence-corrected chi connectivity index (χ4v) is 2.35. The molecule has 0 radical (unpaired) electrons. The SMILES string of the molecule is Cc1cc(C(=O)N2CCOc3ccccc32)ccc1N. The highest BCUT2D eigenvalue weighted by molar-refractivity contribution is 6.07. The van der Waals surface area contributed by atoms with Crippen LogP contribution >= 0.6 is 0 Å². The standard InChI is InChI=1S/C16H16N2O2/c1-11-10-12(6-7-13(11)17)16(19)18-8-9-20-15-5-3-2-4-14(15)18/h2-7,10H,8-9,17H2,1H3. The van der Waals surface area contributed by atoms with Crippen molar-refractivity contribution in [1.29, 1.82) is 0 Å². The van der Waals surface area contributed by atoms with Gasteiger partial charge < -0.3 is 15.4 Å². The highest BCUT2D eigenvalue weighted by Crippen LogP contribution is 2.32. The van der Waals surface area contributed by atoms with Crippen LogP contribution in [0.1, 0.15) is 15.9 Å². The lowest BCUT2D eigenvalue weighted by Gasteiger charge is -2.29. The molecule has 1 heterocycles. The van der Waals surface area contributed by atoms with Crippen LogP contribution in [-0.4, -0.2) is 19.1 Å². The van der Waals surface area contributed by atoms with E-state index in [-0.39, 0.29) is 5.91 Å². The first-order valence-electron chi connectivity index (χ1n) is 6.56. The quantitative estimate of drug-likeness (QED) is 0.809. The van der Waals surface area contributed by atoms with Crippen molar-refractivity contribution in [1.82, 2.24) is 0 Å². The summed E-state index contributed by atoms with van der Waals surface area (Å²) in [6.45, 7) is 2.97. The Bertz CT molecular complexity index is 667. The molecule has 0 fully saturated rings. The predicted octanol–water partition coefficient (Wildman–Crippen LogP) is 2.62. The van der Waals surface area contributed by atoms with Gasteiger partial charge in [0, 0.05) is 11.3 Å². The molecule has 1 amide bonds. The number of hydrogen-bond acceptors (Lipinski definition) is 3. The van der Waals surface area contributed by atoms with E-state index < -0.39 is 0 Å². The molecule has 20 heavy (non-hydrogen) atoms. The third-order valence-electron chi connectivity index (χ3n) is 3.49. The van der Waals surface area contributed by atoms with E-state index in [1.54, 1.807) is 17.0 Å². The Hall–Kier alpha value is -2.49. The number of benzene rings is 2. The molecule has 1 aliphatic rings. The summed E-state index contributed by atoms with van der Waals surface area (Å²) in [6, 6.07) is 13.0. The first-order chi connectivity index (χ1) is 9.66. The number of carbonyl (C=O) groups excluding carboxylic acids is 1. The molecule has 0 aromatic heterocycles. The summed E-state index contributed by atoms with van der Waals surface area (Å²) in [6.07, 6.45) is 0. The van der Waals surface area contributed by atoms with Gasteiger partial charge in [0.1, 0.15) is 12.4 Å². The van der Waals surface area contributed by atoms with E-state index in [0.29, 0.717) is 24.4 Å². The third-order valence-corrected chi connectivity index (χ3v) is 3.49. The predicted molar refractivity (Wildman–Crippen MR) is 79.2 cm³/mol. The van der Waals surface area contributed by atoms with Gasteiger partial charge in [0.2, 0.25) is 0 Å². The number of nitrogen functional groups attached to an aromatic ring is 1. The fourth-order valence-electron chi connectivity index (χ4n) is 2.35. The zero-order chi connectivity index (χ0) is 14.1. The average molecular weight is 268 g/mol. The summed E-state index contributed by atoms with van der Waals surface area (Å²) in [5.74, 6) is 0.725. The number of rotatable bonds is 1. The van der Waals surface area contributed by atoms with Crippen molar-refractivity contribution in [3.8, 4) is 5.75 Å². The normalized spacial score (nSPS) is 13.6. The molecule has 0 atom stereocenters. The van der Waals surface area contributed by atoms with Crippen molar-refractivity contribution in [2.75, 3.05) is 23.8 Å². The number of amides is 1. The maximum Gasteiger partial charge on any atom is 0.258 e. The Balaban J connectivity index is 1.97. The Morgan fingerprint density at radius 1 is 1.25 bits per heavy atom. The van der Waals surface area contributed by atoms with Crippen molar-refractivity contribution < 1.29 is 9.53 Å². The van der Waals surface area contributed by atoms with Crippen LogP contribution in [0.15, 0.2) is 42.5 Å². The lowest BCUT2D eigenvalue weighted by Crippen LogP contribution is -2.37. The minimum atomic E-state index is -0.0242. The van der Waals surface area contributed by atoms with E-state index in [9.17, 15) is 4.79 Å². The molecule has 0 bridgehead atoms. The Morgan fingerprint density at radius 3 is 2.85 bits per heavy atom. The second-order valence-electron chi connectivity index (χ2n) is 4.84. The lowest BCUT2D eigenvalue weighted by atomic mass is 10.1. The number of aryl methyl sites for hydroxylation is 1. The van der Waals surface area contributed by atoms with Crippen molar-refractivity contribution in [3.63, 3.8) is 0 Å². The van der Waals surface area contributed by atoms with Gasteiger partial charge >= 0.3 is 0 Å². The first-order valence-corrected chi connectivity index (χ1v) is 6.56. The van der Waals surface area contributed by atoms with Gasteiger partial charge in [-0.15, -0.1) is 0 Å². The van der Waals surface area contributed by atoms with Gasteiger partial charge in [0.15, 0.2) is 0 Å². The summed E-state index contributed by atoms with van der Waals surface area (Å²) in [4.78, 5) is 14.4. The van der Waals surface area contributed by atoms with Crippen molar-refractivity contribution in [2.45, 2.75) is 6.92 Å². The topological polar surface area (TPSA) is 55.6 Å². The van der Waals surface area contributed by atoms with E-state index in [1.165, 1.54) is 0 Å². The van der Waals surface area contributed by atoms with Crippen LogP contribution in [0.2, 0.25) is 0 Å². The van der Waals surface area contributed by atoms with Gasteiger partial charge in [0.05, 0.1) is 12.2 Å². The fraction of sp³-hybridized carbons (Fsp3) is 0.188. The maximum atomic E-state index is 12.7. The van der Waals surface area contributed by atoms with Crippen molar-refractivity contribution in [2.24, 2.45) is 0 Å². The van der Waals surface area contributed by atoms with Crippen LogP contribution in [0.4, 0.5) is 11.4 Å². The van der Waals surface area contributed by atoms with E-state index in [4.69, 9.17) is 10.5 Å². The highest BCUT2D eigenvalue weighted by Gasteiger charge is 2.24. The molecule has 2 N–H and O–H groups in total. The number of nitrogens with zero attached hydrogens (tertiary/aromatic N) is 1. The number of carbonyl (C=O) groups is 1. The average Bonchev–Trinajstić information content (AvgIpc) is 2.49. The molecule has 2 aromatic rings. The smallest absolute Gasteiger partial charge is 0.258 e. The molecule has 0 saturated heterocycles. The molecule has 0 unspecified atom stereocenters. The highest BCUT2D eigenvalue weighted by atomic mass is 16.5. The zero-order valence-corrected chi connectivity index (χ0v) is 11.3. The summed E-state index contributed by atoms with van der Waals surface area (Å²) >= 11 is 0. The monoisotopic (exact) mass is 268 g/mol. The number of hydrogen-bond donors (Lipinski definition) is 1. The van der Waals surface area contributed by atoms with E-state index >= 15 is 0 Å². The summed E-state index contributed by atoms with van der Waals surface area (Å²) in [5, 5.41) is 0. The van der Waals surface area contributed by atoms with Crippen LogP contribution < -0.4 is 15.4 Å². The molecular formula is C16H16N2O2. The summed E-state index contributed by atoms with van der Waals surface area (Å²) < 4.78 is 5.57. The number of anilines is 2. The maximum absolute atomic E-state index is 12.7. The van der Waals surface area contributed by atoms with E-state index in [0.717, 1.165) is 17.0 Å². The van der Waals surface area contributed by atoms with Crippen LogP contribution in [0, 0.1) is 6.92 Å².